The monoisotopic (exact) mass is 242 g/mol. The van der Waals surface area contributed by atoms with E-state index < -0.39 is 12.1 Å². The number of aliphatic hydroxyl groups excluding tert-OH is 1. The maximum absolute atomic E-state index is 12.1. The molecule has 1 amide bonds. The predicted molar refractivity (Wildman–Crippen MR) is 59.4 cm³/mol. The number of carboxylic acids is 1. The second-order valence-corrected chi connectivity index (χ2v) is 4.78. The second kappa shape index (κ2) is 5.01. The Balaban J connectivity index is 1.95. The van der Waals surface area contributed by atoms with E-state index in [1.807, 2.05) is 0 Å². The molecule has 0 spiro atoms. The van der Waals surface area contributed by atoms with Gasteiger partial charge in [-0.3, -0.25) is 9.59 Å². The minimum atomic E-state index is -0.867. The van der Waals surface area contributed by atoms with Crippen molar-refractivity contribution in [3.05, 3.63) is 0 Å². The number of rotatable bonds is 3. The number of nitrogens with one attached hydrogen (secondary N) is 1. The molecule has 2 heterocycles. The standard InChI is InChI=1S/C11H18N2O4/c14-8-5-9(12-6-8)11(17)13-3-1-2-7(13)4-10(15)16/h7-9,12,14H,1-6H2,(H,15,16). The quantitative estimate of drug-likeness (QED) is 0.601. The SMILES string of the molecule is O=C(O)CC1CCCN1C(=O)C1CC(O)CN1. The smallest absolute Gasteiger partial charge is 0.305 e. The highest BCUT2D eigenvalue weighted by Crippen LogP contribution is 2.22. The van der Waals surface area contributed by atoms with Gasteiger partial charge in [-0.2, -0.15) is 0 Å². The number of aliphatic hydroxyl groups is 1. The number of carboxylic acid groups (broad SMARTS) is 1. The summed E-state index contributed by atoms with van der Waals surface area (Å²) in [6, 6.07) is -0.529. The average Bonchev–Trinajstić information content (AvgIpc) is 2.85. The molecule has 2 fully saturated rings. The van der Waals surface area contributed by atoms with Gasteiger partial charge in [0.25, 0.3) is 0 Å². The Kier molecular flexibility index (Phi) is 3.63. The number of aliphatic carboxylic acids is 1. The Morgan fingerprint density at radius 3 is 2.76 bits per heavy atom. The molecule has 2 saturated heterocycles. The summed E-state index contributed by atoms with van der Waals surface area (Å²) in [4.78, 5) is 24.5. The van der Waals surface area contributed by atoms with Crippen LogP contribution in [-0.2, 0) is 9.59 Å². The zero-order valence-corrected chi connectivity index (χ0v) is 9.63. The second-order valence-electron chi connectivity index (χ2n) is 4.78. The van der Waals surface area contributed by atoms with Crippen molar-refractivity contribution in [2.24, 2.45) is 0 Å². The van der Waals surface area contributed by atoms with Crippen molar-refractivity contribution < 1.29 is 19.8 Å². The van der Waals surface area contributed by atoms with Crippen LogP contribution >= 0.6 is 0 Å². The molecule has 0 aromatic heterocycles. The summed E-state index contributed by atoms with van der Waals surface area (Å²) in [6.45, 7) is 1.07. The van der Waals surface area contributed by atoms with Crippen molar-refractivity contribution in [3.8, 4) is 0 Å². The summed E-state index contributed by atoms with van der Waals surface area (Å²) >= 11 is 0. The van der Waals surface area contributed by atoms with Crippen LogP contribution in [0.4, 0.5) is 0 Å². The molecule has 6 heteroatoms. The van der Waals surface area contributed by atoms with Gasteiger partial charge in [0, 0.05) is 19.1 Å². The zero-order chi connectivity index (χ0) is 12.4. The summed E-state index contributed by atoms with van der Waals surface area (Å²) in [5.41, 5.74) is 0. The fourth-order valence-electron chi connectivity index (χ4n) is 2.64. The molecule has 0 aromatic rings. The van der Waals surface area contributed by atoms with Crippen molar-refractivity contribution in [2.75, 3.05) is 13.1 Å². The third-order valence-electron chi connectivity index (χ3n) is 3.48. The maximum Gasteiger partial charge on any atom is 0.305 e. The van der Waals surface area contributed by atoms with E-state index >= 15 is 0 Å². The molecular weight excluding hydrogens is 224 g/mol. The van der Waals surface area contributed by atoms with Crippen molar-refractivity contribution in [2.45, 2.75) is 43.9 Å². The number of nitrogens with zero attached hydrogens (tertiary/aromatic N) is 1. The average molecular weight is 242 g/mol. The molecule has 17 heavy (non-hydrogen) atoms. The van der Waals surface area contributed by atoms with Gasteiger partial charge in [-0.05, 0) is 19.3 Å². The summed E-state index contributed by atoms with van der Waals surface area (Å²) in [6.07, 6.45) is 1.59. The molecule has 0 aromatic carbocycles. The van der Waals surface area contributed by atoms with E-state index in [2.05, 4.69) is 5.32 Å². The fraction of sp³-hybridized carbons (Fsp3) is 0.818. The van der Waals surface area contributed by atoms with Gasteiger partial charge in [0.1, 0.15) is 0 Å². The summed E-state index contributed by atoms with van der Waals surface area (Å²) in [5, 5.41) is 21.1. The first-order valence-corrected chi connectivity index (χ1v) is 6.01. The first-order chi connectivity index (χ1) is 8.08. The minimum absolute atomic E-state index is 0.0149. The van der Waals surface area contributed by atoms with Crippen LogP contribution in [0.1, 0.15) is 25.7 Å². The number of carbonyl (C=O) groups is 2. The molecule has 3 N–H and O–H groups in total. The lowest BCUT2D eigenvalue weighted by molar-refractivity contribution is -0.140. The molecule has 0 radical (unpaired) electrons. The molecule has 2 rings (SSSR count). The topological polar surface area (TPSA) is 89.9 Å². The Morgan fingerprint density at radius 1 is 1.41 bits per heavy atom. The lowest BCUT2D eigenvalue weighted by atomic mass is 10.1. The van der Waals surface area contributed by atoms with E-state index in [1.165, 1.54) is 0 Å². The molecule has 96 valence electrons. The number of β-amino-alcohol motifs (C(OH)–C–C–N with tert-alkyl or cyclic N) is 1. The largest absolute Gasteiger partial charge is 0.481 e. The van der Waals surface area contributed by atoms with Gasteiger partial charge in [0.2, 0.25) is 5.91 Å². The van der Waals surface area contributed by atoms with Crippen LogP contribution < -0.4 is 5.32 Å². The lowest BCUT2D eigenvalue weighted by Gasteiger charge is -2.26. The third-order valence-corrected chi connectivity index (χ3v) is 3.48. The van der Waals surface area contributed by atoms with Gasteiger partial charge in [-0.15, -0.1) is 0 Å². The van der Waals surface area contributed by atoms with Crippen molar-refractivity contribution in [3.63, 3.8) is 0 Å². The third kappa shape index (κ3) is 2.76. The minimum Gasteiger partial charge on any atom is -0.481 e. The molecule has 0 bridgehead atoms. The molecule has 6 nitrogen and oxygen atoms in total. The molecule has 0 aliphatic carbocycles. The normalized spacial score (nSPS) is 33.0. The maximum atomic E-state index is 12.1. The van der Waals surface area contributed by atoms with Crippen LogP contribution in [0.3, 0.4) is 0 Å². The van der Waals surface area contributed by atoms with Gasteiger partial charge >= 0.3 is 5.97 Å². The van der Waals surface area contributed by atoms with Gasteiger partial charge < -0.3 is 20.4 Å². The summed E-state index contributed by atoms with van der Waals surface area (Å²) < 4.78 is 0. The Bertz CT molecular complexity index is 321. The molecular formula is C11H18N2O4. The molecule has 3 atom stereocenters. The van der Waals surface area contributed by atoms with E-state index in [4.69, 9.17) is 5.11 Å². The first kappa shape index (κ1) is 12.3. The lowest BCUT2D eigenvalue weighted by Crippen LogP contribution is -2.46. The Labute approximate surface area is 99.6 Å². The van der Waals surface area contributed by atoms with Gasteiger partial charge in [-0.1, -0.05) is 0 Å². The van der Waals surface area contributed by atoms with Crippen LogP contribution in [0.25, 0.3) is 0 Å². The number of carbonyl (C=O) groups excluding carboxylic acids is 1. The van der Waals surface area contributed by atoms with Gasteiger partial charge in [0.15, 0.2) is 0 Å². The molecule has 3 unspecified atom stereocenters. The highest BCUT2D eigenvalue weighted by atomic mass is 16.4. The van der Waals surface area contributed by atoms with Crippen LogP contribution in [0, 0.1) is 0 Å². The van der Waals surface area contributed by atoms with Gasteiger partial charge in [-0.25, -0.2) is 0 Å². The predicted octanol–water partition coefficient (Wildman–Crippen LogP) is -0.825. The van der Waals surface area contributed by atoms with E-state index in [9.17, 15) is 14.7 Å². The zero-order valence-electron chi connectivity index (χ0n) is 9.63. The van der Waals surface area contributed by atoms with E-state index in [0.29, 0.717) is 19.5 Å². The van der Waals surface area contributed by atoms with Crippen molar-refractivity contribution >= 4 is 11.9 Å². The molecule has 2 aliphatic heterocycles. The van der Waals surface area contributed by atoms with Crippen molar-refractivity contribution in [1.29, 1.82) is 0 Å². The van der Waals surface area contributed by atoms with Crippen LogP contribution in [0.2, 0.25) is 0 Å². The Morgan fingerprint density at radius 2 is 2.18 bits per heavy atom. The number of likely N-dealkylation sites (tertiary alicyclic amines) is 1. The van der Waals surface area contributed by atoms with E-state index in [1.54, 1.807) is 4.90 Å². The van der Waals surface area contributed by atoms with E-state index in [0.717, 1.165) is 12.8 Å². The highest BCUT2D eigenvalue weighted by Gasteiger charge is 2.37. The van der Waals surface area contributed by atoms with Crippen molar-refractivity contribution in [1.82, 2.24) is 10.2 Å². The summed E-state index contributed by atoms with van der Waals surface area (Å²) in [5.74, 6) is -0.931. The molecule has 2 aliphatic rings. The fourth-order valence-corrected chi connectivity index (χ4v) is 2.64. The highest BCUT2D eigenvalue weighted by molar-refractivity contribution is 5.83. The Hall–Kier alpha value is -1.14. The first-order valence-electron chi connectivity index (χ1n) is 6.01. The number of amides is 1. The molecule has 0 saturated carbocycles. The van der Waals surface area contributed by atoms with Crippen LogP contribution in [0.15, 0.2) is 0 Å². The van der Waals surface area contributed by atoms with Crippen LogP contribution in [-0.4, -0.2) is 58.3 Å². The number of hydrogen-bond acceptors (Lipinski definition) is 4. The number of hydrogen-bond donors (Lipinski definition) is 3. The van der Waals surface area contributed by atoms with E-state index in [-0.39, 0.29) is 24.4 Å². The summed E-state index contributed by atoms with van der Waals surface area (Å²) in [7, 11) is 0. The van der Waals surface area contributed by atoms with Crippen LogP contribution in [0.5, 0.6) is 0 Å². The van der Waals surface area contributed by atoms with Gasteiger partial charge in [0.05, 0.1) is 18.6 Å².